The molecule has 0 heteroatoms. The van der Waals surface area contributed by atoms with Gasteiger partial charge in [0.25, 0.3) is 0 Å². The number of hydrogen-bond acceptors (Lipinski definition) is 0. The summed E-state index contributed by atoms with van der Waals surface area (Å²) in [6, 6.07) is 28.3. The van der Waals surface area contributed by atoms with Crippen molar-refractivity contribution < 1.29 is 0 Å². The molecule has 0 spiro atoms. The van der Waals surface area contributed by atoms with Crippen LogP contribution in [0.5, 0.6) is 0 Å². The summed E-state index contributed by atoms with van der Waals surface area (Å²) in [5, 5.41) is 5.48. The third-order valence-electron chi connectivity index (χ3n) is 11.8. The number of rotatable bonds is 2. The van der Waals surface area contributed by atoms with E-state index in [4.69, 9.17) is 0 Å². The van der Waals surface area contributed by atoms with Crippen LogP contribution >= 0.6 is 0 Å². The number of aryl methyl sites for hydroxylation is 2. The second-order valence-corrected chi connectivity index (χ2v) is 16.7. The minimum absolute atomic E-state index is 0.110. The van der Waals surface area contributed by atoms with Gasteiger partial charge in [-0.25, -0.2) is 0 Å². The molecular weight excluding hydrogens is 528 g/mol. The van der Waals surface area contributed by atoms with E-state index in [-0.39, 0.29) is 21.7 Å². The van der Waals surface area contributed by atoms with E-state index >= 15 is 0 Å². The Balaban J connectivity index is 1.66. The quantitative estimate of drug-likeness (QED) is 0.183. The topological polar surface area (TPSA) is 0 Å². The number of hydrogen-bond donors (Lipinski definition) is 0. The Morgan fingerprint density at radius 2 is 0.636 bits per heavy atom. The molecule has 0 aliphatic heterocycles. The first-order valence-corrected chi connectivity index (χ1v) is 16.9. The van der Waals surface area contributed by atoms with Crippen LogP contribution in [0.1, 0.15) is 114 Å². The molecule has 0 saturated heterocycles. The maximum absolute atomic E-state index is 2.48. The zero-order valence-electron chi connectivity index (χ0n) is 28.8. The van der Waals surface area contributed by atoms with E-state index in [0.29, 0.717) is 0 Å². The standard InChI is InChI=1S/C44H50/c1-27-19-21-33(39-37(27)41(3,4)23-25-43(39,7)8)35-29-15-11-13-17-31(29)36(32-18-14-12-16-30(32)35)34-22-20-28(2)38-40(34)44(9,10)26-24-42(38,5)6/h11-22H,23-26H2,1-10H3. The third-order valence-corrected chi connectivity index (χ3v) is 11.8. The van der Waals surface area contributed by atoms with Crippen LogP contribution in [0.15, 0.2) is 72.8 Å². The van der Waals surface area contributed by atoms with E-state index in [2.05, 4.69) is 142 Å². The van der Waals surface area contributed by atoms with Gasteiger partial charge in [0.15, 0.2) is 0 Å². The van der Waals surface area contributed by atoms with Crippen LogP contribution in [-0.4, -0.2) is 0 Å². The Bertz CT molecular complexity index is 1770. The Labute approximate surface area is 265 Å². The largest absolute Gasteiger partial charge is 0.0616 e. The van der Waals surface area contributed by atoms with Gasteiger partial charge in [-0.05, 0) is 138 Å². The maximum Gasteiger partial charge on any atom is -0.00233 e. The van der Waals surface area contributed by atoms with Crippen LogP contribution in [0.4, 0.5) is 0 Å². The highest BCUT2D eigenvalue weighted by molar-refractivity contribution is 6.22. The van der Waals surface area contributed by atoms with Gasteiger partial charge in [-0.3, -0.25) is 0 Å². The predicted molar refractivity (Wildman–Crippen MR) is 192 cm³/mol. The second-order valence-electron chi connectivity index (χ2n) is 16.7. The minimum Gasteiger partial charge on any atom is -0.0616 e. The van der Waals surface area contributed by atoms with Crippen molar-refractivity contribution in [3.05, 3.63) is 106 Å². The van der Waals surface area contributed by atoms with Crippen LogP contribution < -0.4 is 0 Å². The average molecular weight is 579 g/mol. The Kier molecular flexibility index (Phi) is 6.37. The summed E-state index contributed by atoms with van der Waals surface area (Å²) in [7, 11) is 0. The highest BCUT2D eigenvalue weighted by atomic mass is 14.5. The Morgan fingerprint density at radius 3 is 0.932 bits per heavy atom. The maximum atomic E-state index is 2.48. The van der Waals surface area contributed by atoms with Gasteiger partial charge in [-0.1, -0.05) is 128 Å². The summed E-state index contributed by atoms with van der Waals surface area (Å²) in [6.45, 7) is 24.4. The lowest BCUT2D eigenvalue weighted by Crippen LogP contribution is -2.35. The highest BCUT2D eigenvalue weighted by Gasteiger charge is 2.42. The molecule has 226 valence electrons. The fourth-order valence-corrected chi connectivity index (χ4v) is 9.44. The lowest BCUT2D eigenvalue weighted by molar-refractivity contribution is 0.331. The molecule has 0 aromatic heterocycles. The SMILES string of the molecule is Cc1ccc(-c2c3ccccc3c(-c3ccc(C)c4c3C(C)(C)CCC4(C)C)c3ccccc23)c2c1C(C)(C)CCC2(C)C. The number of benzene rings is 5. The summed E-state index contributed by atoms with van der Waals surface area (Å²) in [6.07, 6.45) is 4.86. The van der Waals surface area contributed by atoms with Gasteiger partial charge in [0, 0.05) is 0 Å². The zero-order chi connectivity index (χ0) is 31.4. The Hall–Kier alpha value is -3.38. The molecular formula is C44H50. The summed E-state index contributed by atoms with van der Waals surface area (Å²) in [5.41, 5.74) is 15.3. The summed E-state index contributed by atoms with van der Waals surface area (Å²) in [4.78, 5) is 0. The predicted octanol–water partition coefficient (Wildman–Crippen LogP) is 12.6. The van der Waals surface area contributed by atoms with Gasteiger partial charge in [0.1, 0.15) is 0 Å². The smallest absolute Gasteiger partial charge is 0.00233 e. The van der Waals surface area contributed by atoms with E-state index < -0.39 is 0 Å². The highest BCUT2D eigenvalue weighted by Crippen LogP contribution is 2.56. The van der Waals surface area contributed by atoms with Gasteiger partial charge < -0.3 is 0 Å². The van der Waals surface area contributed by atoms with Crippen molar-refractivity contribution in [1.29, 1.82) is 0 Å². The van der Waals surface area contributed by atoms with Crippen LogP contribution in [0.3, 0.4) is 0 Å². The monoisotopic (exact) mass is 578 g/mol. The van der Waals surface area contributed by atoms with Crippen molar-refractivity contribution in [2.45, 2.75) is 117 Å². The summed E-state index contributed by atoms with van der Waals surface area (Å²) >= 11 is 0. The molecule has 0 saturated carbocycles. The van der Waals surface area contributed by atoms with Crippen LogP contribution in [-0.2, 0) is 21.7 Å². The van der Waals surface area contributed by atoms with Gasteiger partial charge in [-0.15, -0.1) is 0 Å². The lowest BCUT2D eigenvalue weighted by atomic mass is 9.59. The van der Waals surface area contributed by atoms with Crippen molar-refractivity contribution in [1.82, 2.24) is 0 Å². The zero-order valence-corrected chi connectivity index (χ0v) is 28.8. The second kappa shape index (κ2) is 9.56. The van der Waals surface area contributed by atoms with Gasteiger partial charge in [0.05, 0.1) is 0 Å². The van der Waals surface area contributed by atoms with Crippen LogP contribution in [0.25, 0.3) is 43.8 Å². The van der Waals surface area contributed by atoms with E-state index in [1.807, 2.05) is 0 Å². The molecule has 0 N–H and O–H groups in total. The van der Waals surface area contributed by atoms with Crippen molar-refractivity contribution in [3.8, 4) is 22.3 Å². The molecule has 5 aromatic carbocycles. The third kappa shape index (κ3) is 4.16. The molecule has 0 heterocycles. The molecule has 7 rings (SSSR count). The lowest BCUT2D eigenvalue weighted by Gasteiger charge is -2.44. The first-order valence-electron chi connectivity index (χ1n) is 16.9. The minimum atomic E-state index is 0.110. The van der Waals surface area contributed by atoms with Gasteiger partial charge >= 0.3 is 0 Å². The van der Waals surface area contributed by atoms with Crippen LogP contribution in [0, 0.1) is 13.8 Å². The molecule has 2 aliphatic carbocycles. The van der Waals surface area contributed by atoms with Gasteiger partial charge in [-0.2, -0.15) is 0 Å². The van der Waals surface area contributed by atoms with E-state index in [0.717, 1.165) is 0 Å². The molecule has 0 bridgehead atoms. The Morgan fingerprint density at radius 1 is 0.364 bits per heavy atom. The fourth-order valence-electron chi connectivity index (χ4n) is 9.44. The van der Waals surface area contributed by atoms with E-state index in [9.17, 15) is 0 Å². The molecule has 0 unspecified atom stereocenters. The van der Waals surface area contributed by atoms with Crippen molar-refractivity contribution in [2.24, 2.45) is 0 Å². The first kappa shape index (κ1) is 29.3. The summed E-state index contributed by atoms with van der Waals surface area (Å²) < 4.78 is 0. The van der Waals surface area contributed by atoms with Crippen molar-refractivity contribution >= 4 is 21.5 Å². The molecule has 0 radical (unpaired) electrons. The molecule has 0 amide bonds. The van der Waals surface area contributed by atoms with Crippen molar-refractivity contribution in [3.63, 3.8) is 0 Å². The van der Waals surface area contributed by atoms with Crippen molar-refractivity contribution in [2.75, 3.05) is 0 Å². The first-order chi connectivity index (χ1) is 20.7. The molecule has 5 aromatic rings. The molecule has 0 fully saturated rings. The molecule has 2 aliphatic rings. The number of fused-ring (bicyclic) bond motifs is 4. The van der Waals surface area contributed by atoms with E-state index in [1.165, 1.54) is 80.6 Å². The average Bonchev–Trinajstić information content (AvgIpc) is 2.97. The van der Waals surface area contributed by atoms with Crippen LogP contribution in [0.2, 0.25) is 0 Å². The van der Waals surface area contributed by atoms with Gasteiger partial charge in [0.2, 0.25) is 0 Å². The van der Waals surface area contributed by atoms with E-state index in [1.54, 1.807) is 22.3 Å². The normalized spacial score (nSPS) is 19.5. The fraction of sp³-hybridized carbons (Fsp3) is 0.409. The molecule has 0 atom stereocenters. The summed E-state index contributed by atoms with van der Waals surface area (Å²) in [5.74, 6) is 0. The molecule has 44 heavy (non-hydrogen) atoms. The molecule has 0 nitrogen and oxygen atoms in total.